The van der Waals surface area contributed by atoms with E-state index in [1.165, 1.54) is 6.07 Å². The number of nitro groups is 1. The average Bonchev–Trinajstić information content (AvgIpc) is 2.89. The first-order valence-electron chi connectivity index (χ1n) is 9.44. The van der Waals surface area contributed by atoms with Gasteiger partial charge in [0.1, 0.15) is 17.3 Å². The number of halogens is 1. The maximum absolute atomic E-state index is 11.3. The third kappa shape index (κ3) is 3.53. The van der Waals surface area contributed by atoms with Crippen LogP contribution < -0.4 is 10.1 Å². The van der Waals surface area contributed by atoms with Crippen molar-refractivity contribution in [1.29, 1.82) is 0 Å². The Bertz CT molecular complexity index is 1090. The molecule has 29 heavy (non-hydrogen) atoms. The molecule has 1 aliphatic rings. The van der Waals surface area contributed by atoms with Crippen molar-refractivity contribution in [3.63, 3.8) is 0 Å². The standard InChI is InChI=1S/C21H21ClN4O3/c1-13-6-8-15(26(27)28)12-18(13)25-21-16(5-3-4-10-23-21)20(24-25)17-11-14(22)7-9-19(17)29-2/h6-9,11-12,23H,3-5,10H2,1-2H3. The number of anilines is 1. The number of benzene rings is 2. The number of hydrogen-bond acceptors (Lipinski definition) is 5. The average molecular weight is 413 g/mol. The summed E-state index contributed by atoms with van der Waals surface area (Å²) < 4.78 is 7.33. The van der Waals surface area contributed by atoms with Crippen LogP contribution in [0.5, 0.6) is 5.75 Å². The molecule has 1 N–H and O–H groups in total. The first kappa shape index (κ1) is 19.3. The Morgan fingerprint density at radius 1 is 1.24 bits per heavy atom. The van der Waals surface area contributed by atoms with Gasteiger partial charge in [0.15, 0.2) is 0 Å². The zero-order valence-electron chi connectivity index (χ0n) is 16.2. The Morgan fingerprint density at radius 2 is 2.07 bits per heavy atom. The largest absolute Gasteiger partial charge is 0.496 e. The van der Waals surface area contributed by atoms with Gasteiger partial charge in [0, 0.05) is 34.8 Å². The molecule has 1 aromatic heterocycles. The van der Waals surface area contributed by atoms with E-state index in [0.29, 0.717) is 16.5 Å². The lowest BCUT2D eigenvalue weighted by Crippen LogP contribution is -2.08. The van der Waals surface area contributed by atoms with Gasteiger partial charge in [-0.15, -0.1) is 0 Å². The van der Waals surface area contributed by atoms with Crippen molar-refractivity contribution in [3.8, 4) is 22.7 Å². The lowest BCUT2D eigenvalue weighted by atomic mass is 10.0. The van der Waals surface area contributed by atoms with Crippen LogP contribution in [0.4, 0.5) is 11.5 Å². The Morgan fingerprint density at radius 3 is 2.83 bits per heavy atom. The van der Waals surface area contributed by atoms with Crippen molar-refractivity contribution in [2.75, 3.05) is 19.0 Å². The molecular formula is C21H21ClN4O3. The molecule has 7 nitrogen and oxygen atoms in total. The molecule has 0 spiro atoms. The fourth-order valence-electron chi connectivity index (χ4n) is 3.70. The van der Waals surface area contributed by atoms with E-state index in [-0.39, 0.29) is 10.6 Å². The minimum Gasteiger partial charge on any atom is -0.496 e. The van der Waals surface area contributed by atoms with E-state index >= 15 is 0 Å². The number of methoxy groups -OCH3 is 1. The van der Waals surface area contributed by atoms with Gasteiger partial charge in [-0.25, -0.2) is 4.68 Å². The highest BCUT2D eigenvalue weighted by molar-refractivity contribution is 6.31. The molecule has 0 unspecified atom stereocenters. The van der Waals surface area contributed by atoms with Gasteiger partial charge in [0.2, 0.25) is 0 Å². The van der Waals surface area contributed by atoms with Crippen LogP contribution in [-0.4, -0.2) is 28.4 Å². The predicted molar refractivity (Wildman–Crippen MR) is 113 cm³/mol. The molecule has 2 aromatic carbocycles. The summed E-state index contributed by atoms with van der Waals surface area (Å²) in [5, 5.41) is 20.3. The summed E-state index contributed by atoms with van der Waals surface area (Å²) >= 11 is 6.26. The second-order valence-corrected chi connectivity index (χ2v) is 7.48. The first-order valence-corrected chi connectivity index (χ1v) is 9.82. The number of non-ortho nitro benzene ring substituents is 1. The molecular weight excluding hydrogens is 392 g/mol. The van der Waals surface area contributed by atoms with Gasteiger partial charge >= 0.3 is 0 Å². The van der Waals surface area contributed by atoms with Crippen molar-refractivity contribution in [2.24, 2.45) is 0 Å². The van der Waals surface area contributed by atoms with E-state index in [9.17, 15) is 10.1 Å². The fourth-order valence-corrected chi connectivity index (χ4v) is 3.87. The predicted octanol–water partition coefficient (Wildman–Crippen LogP) is 5.17. The lowest BCUT2D eigenvalue weighted by Gasteiger charge is -2.11. The molecule has 0 aliphatic carbocycles. The quantitative estimate of drug-likeness (QED) is 0.472. The number of hydrogen-bond donors (Lipinski definition) is 1. The van der Waals surface area contributed by atoms with Crippen LogP contribution >= 0.6 is 11.6 Å². The molecule has 3 aromatic rings. The number of nitro benzene ring substituents is 1. The molecule has 0 saturated heterocycles. The van der Waals surface area contributed by atoms with Crippen molar-refractivity contribution in [1.82, 2.24) is 9.78 Å². The summed E-state index contributed by atoms with van der Waals surface area (Å²) in [4.78, 5) is 10.9. The van der Waals surface area contributed by atoms with Gasteiger partial charge in [-0.1, -0.05) is 17.7 Å². The van der Waals surface area contributed by atoms with Crippen LogP contribution in [0.1, 0.15) is 24.0 Å². The summed E-state index contributed by atoms with van der Waals surface area (Å²) in [5.41, 5.74) is 4.26. The topological polar surface area (TPSA) is 82.2 Å². The smallest absolute Gasteiger partial charge is 0.271 e. The Kier molecular flexibility index (Phi) is 5.15. The van der Waals surface area contributed by atoms with Gasteiger partial charge in [-0.05, 0) is 49.9 Å². The van der Waals surface area contributed by atoms with Crippen LogP contribution in [0.15, 0.2) is 36.4 Å². The van der Waals surface area contributed by atoms with Gasteiger partial charge in [-0.2, -0.15) is 5.10 Å². The lowest BCUT2D eigenvalue weighted by molar-refractivity contribution is -0.384. The monoisotopic (exact) mass is 412 g/mol. The first-order chi connectivity index (χ1) is 14.0. The molecule has 1 aliphatic heterocycles. The molecule has 2 heterocycles. The highest BCUT2D eigenvalue weighted by atomic mass is 35.5. The zero-order chi connectivity index (χ0) is 20.5. The van der Waals surface area contributed by atoms with E-state index in [1.807, 2.05) is 19.1 Å². The number of nitrogens with zero attached hydrogens (tertiary/aromatic N) is 3. The van der Waals surface area contributed by atoms with E-state index in [2.05, 4.69) is 5.32 Å². The van der Waals surface area contributed by atoms with E-state index in [1.54, 1.807) is 30.0 Å². The number of aryl methyl sites for hydroxylation is 1. The van der Waals surface area contributed by atoms with E-state index < -0.39 is 0 Å². The summed E-state index contributed by atoms with van der Waals surface area (Å²) in [7, 11) is 1.62. The van der Waals surface area contributed by atoms with Crippen LogP contribution in [0.3, 0.4) is 0 Å². The minimum absolute atomic E-state index is 0.0327. The van der Waals surface area contributed by atoms with Gasteiger partial charge in [0.25, 0.3) is 5.69 Å². The Hall–Kier alpha value is -3.06. The normalized spacial score (nSPS) is 13.3. The maximum atomic E-state index is 11.3. The third-order valence-corrected chi connectivity index (χ3v) is 5.41. The van der Waals surface area contributed by atoms with E-state index in [4.69, 9.17) is 21.4 Å². The summed E-state index contributed by atoms with van der Waals surface area (Å²) in [6.07, 6.45) is 2.91. The van der Waals surface area contributed by atoms with Gasteiger partial charge < -0.3 is 10.1 Å². The molecule has 0 fully saturated rings. The van der Waals surface area contributed by atoms with Gasteiger partial charge in [0.05, 0.1) is 17.7 Å². The van der Waals surface area contributed by atoms with E-state index in [0.717, 1.165) is 54.0 Å². The van der Waals surface area contributed by atoms with Gasteiger partial charge in [-0.3, -0.25) is 10.1 Å². The number of ether oxygens (including phenoxy) is 1. The molecule has 0 radical (unpaired) electrons. The summed E-state index contributed by atoms with van der Waals surface area (Å²) in [6, 6.07) is 10.3. The Labute approximate surface area is 173 Å². The molecule has 0 saturated carbocycles. The number of fused-ring (bicyclic) bond motifs is 1. The molecule has 8 heteroatoms. The number of aromatic nitrogens is 2. The Balaban J connectivity index is 1.98. The van der Waals surface area contributed by atoms with Crippen LogP contribution in [-0.2, 0) is 6.42 Å². The molecule has 0 atom stereocenters. The van der Waals surface area contributed by atoms with Crippen LogP contribution in [0, 0.1) is 17.0 Å². The zero-order valence-corrected chi connectivity index (χ0v) is 17.0. The molecule has 4 rings (SSSR count). The highest BCUT2D eigenvalue weighted by Crippen LogP contribution is 2.39. The summed E-state index contributed by atoms with van der Waals surface area (Å²) in [6.45, 7) is 2.74. The minimum atomic E-state index is -0.389. The maximum Gasteiger partial charge on any atom is 0.271 e. The number of nitrogens with one attached hydrogen (secondary N) is 1. The second kappa shape index (κ2) is 7.75. The van der Waals surface area contributed by atoms with Crippen molar-refractivity contribution < 1.29 is 9.66 Å². The second-order valence-electron chi connectivity index (χ2n) is 7.04. The van der Waals surface area contributed by atoms with Crippen LogP contribution in [0.25, 0.3) is 16.9 Å². The van der Waals surface area contributed by atoms with Crippen molar-refractivity contribution in [2.45, 2.75) is 26.2 Å². The van der Waals surface area contributed by atoms with Crippen LogP contribution in [0.2, 0.25) is 5.02 Å². The molecule has 150 valence electrons. The fraction of sp³-hybridized carbons (Fsp3) is 0.286. The SMILES string of the molecule is COc1ccc(Cl)cc1-c1nn(-c2cc([N+](=O)[O-])ccc2C)c2c1CCCCN2. The molecule has 0 amide bonds. The van der Waals surface area contributed by atoms with Crippen molar-refractivity contribution >= 4 is 23.1 Å². The van der Waals surface area contributed by atoms with Crippen molar-refractivity contribution in [3.05, 3.63) is 62.7 Å². The molecule has 0 bridgehead atoms. The summed E-state index contributed by atoms with van der Waals surface area (Å²) in [5.74, 6) is 1.55. The third-order valence-electron chi connectivity index (χ3n) is 5.18. The highest BCUT2D eigenvalue weighted by Gasteiger charge is 2.25. The number of rotatable bonds is 4.